The third-order valence-corrected chi connectivity index (χ3v) is 4.22. The van der Waals surface area contributed by atoms with Crippen LogP contribution in [0.4, 0.5) is 5.82 Å². The lowest BCUT2D eigenvalue weighted by molar-refractivity contribution is 0.0963. The van der Waals surface area contributed by atoms with E-state index in [1.807, 2.05) is 66.5 Å². The summed E-state index contributed by atoms with van der Waals surface area (Å²) < 4.78 is 0. The summed E-state index contributed by atoms with van der Waals surface area (Å²) >= 11 is 6.30. The molecule has 0 unspecified atom stereocenters. The highest BCUT2D eigenvalue weighted by Gasteiger charge is 2.09. The van der Waals surface area contributed by atoms with Crippen molar-refractivity contribution in [1.82, 2.24) is 10.3 Å². The molecule has 0 aliphatic carbocycles. The fraction of sp³-hybridized carbons (Fsp3) is 0.158. The van der Waals surface area contributed by atoms with E-state index in [0.717, 1.165) is 22.2 Å². The number of rotatable bonds is 4. The Morgan fingerprint density at radius 1 is 1.17 bits per heavy atom. The van der Waals surface area contributed by atoms with Gasteiger partial charge in [0.1, 0.15) is 11.0 Å². The minimum absolute atomic E-state index is 0.0853. The molecule has 1 amide bonds. The van der Waals surface area contributed by atoms with E-state index in [-0.39, 0.29) is 5.91 Å². The van der Waals surface area contributed by atoms with E-state index >= 15 is 0 Å². The van der Waals surface area contributed by atoms with Crippen molar-refractivity contribution in [2.45, 2.75) is 6.54 Å². The SMILES string of the molecule is CNC(=O)c1ccc(CN(C)c2cc3ccccc3c(Cl)n2)cc1. The zero-order chi connectivity index (χ0) is 17.1. The molecule has 0 bridgehead atoms. The van der Waals surface area contributed by atoms with Gasteiger partial charge in [0.15, 0.2) is 0 Å². The molecule has 0 saturated heterocycles. The number of nitrogens with one attached hydrogen (secondary N) is 1. The summed E-state index contributed by atoms with van der Waals surface area (Å²) in [5, 5.41) is 5.14. The Morgan fingerprint density at radius 3 is 2.58 bits per heavy atom. The molecule has 0 atom stereocenters. The van der Waals surface area contributed by atoms with Crippen molar-refractivity contribution in [2.24, 2.45) is 0 Å². The number of aromatic nitrogens is 1. The van der Waals surface area contributed by atoms with E-state index in [1.54, 1.807) is 7.05 Å². The Bertz CT molecular complexity index is 877. The van der Waals surface area contributed by atoms with Gasteiger partial charge in [0.2, 0.25) is 0 Å². The van der Waals surface area contributed by atoms with Crippen LogP contribution < -0.4 is 10.2 Å². The molecule has 0 spiro atoms. The van der Waals surface area contributed by atoms with Gasteiger partial charge in [0, 0.05) is 31.6 Å². The van der Waals surface area contributed by atoms with Crippen LogP contribution >= 0.6 is 11.6 Å². The van der Waals surface area contributed by atoms with Crippen LogP contribution in [0, 0.1) is 0 Å². The Balaban J connectivity index is 1.82. The smallest absolute Gasteiger partial charge is 0.251 e. The summed E-state index contributed by atoms with van der Waals surface area (Å²) in [6.07, 6.45) is 0. The van der Waals surface area contributed by atoms with Gasteiger partial charge in [-0.2, -0.15) is 0 Å². The molecule has 4 nitrogen and oxygen atoms in total. The second-order valence-electron chi connectivity index (χ2n) is 5.62. The van der Waals surface area contributed by atoms with Crippen molar-refractivity contribution in [1.29, 1.82) is 0 Å². The van der Waals surface area contributed by atoms with Crippen molar-refractivity contribution >= 4 is 34.1 Å². The molecule has 1 aromatic heterocycles. The predicted octanol–water partition coefficient (Wildman–Crippen LogP) is 3.88. The van der Waals surface area contributed by atoms with Crippen molar-refractivity contribution in [3.05, 3.63) is 70.9 Å². The summed E-state index contributed by atoms with van der Waals surface area (Å²) in [7, 11) is 3.60. The maximum absolute atomic E-state index is 11.6. The molecule has 1 heterocycles. The molecule has 122 valence electrons. The average molecular weight is 340 g/mol. The summed E-state index contributed by atoms with van der Waals surface area (Å²) in [5.74, 6) is 0.729. The van der Waals surface area contributed by atoms with Gasteiger partial charge in [0.25, 0.3) is 5.91 Å². The number of pyridine rings is 1. The van der Waals surface area contributed by atoms with Gasteiger partial charge < -0.3 is 10.2 Å². The molecule has 0 saturated carbocycles. The van der Waals surface area contributed by atoms with Crippen molar-refractivity contribution in [2.75, 3.05) is 19.0 Å². The van der Waals surface area contributed by atoms with Gasteiger partial charge in [-0.1, -0.05) is 48.0 Å². The number of hydrogen-bond donors (Lipinski definition) is 1. The van der Waals surface area contributed by atoms with E-state index in [1.165, 1.54) is 0 Å². The first-order valence-corrected chi connectivity index (χ1v) is 8.03. The van der Waals surface area contributed by atoms with Crippen LogP contribution in [0.5, 0.6) is 0 Å². The quantitative estimate of drug-likeness (QED) is 0.734. The van der Waals surface area contributed by atoms with Crippen LogP contribution in [0.15, 0.2) is 54.6 Å². The van der Waals surface area contributed by atoms with E-state index in [4.69, 9.17) is 11.6 Å². The van der Waals surface area contributed by atoms with Crippen LogP contribution in [-0.2, 0) is 6.54 Å². The van der Waals surface area contributed by atoms with Crippen molar-refractivity contribution in [3.8, 4) is 0 Å². The van der Waals surface area contributed by atoms with E-state index in [0.29, 0.717) is 17.3 Å². The van der Waals surface area contributed by atoms with Gasteiger partial charge in [-0.05, 0) is 29.1 Å². The number of amides is 1. The molecular weight excluding hydrogens is 322 g/mol. The van der Waals surface area contributed by atoms with E-state index in [2.05, 4.69) is 10.3 Å². The summed E-state index contributed by atoms with van der Waals surface area (Å²) in [4.78, 5) is 18.1. The molecule has 0 fully saturated rings. The Kier molecular flexibility index (Phi) is 4.67. The number of nitrogens with zero attached hydrogens (tertiary/aromatic N) is 2. The standard InChI is InChI=1S/C19H18ClN3O/c1-21-19(24)14-9-7-13(8-10-14)12-23(2)17-11-15-5-3-4-6-16(15)18(20)22-17/h3-11H,12H2,1-2H3,(H,21,24). The van der Waals surface area contributed by atoms with Crippen LogP contribution in [0.1, 0.15) is 15.9 Å². The van der Waals surface area contributed by atoms with E-state index < -0.39 is 0 Å². The maximum Gasteiger partial charge on any atom is 0.251 e. The maximum atomic E-state index is 11.6. The number of carbonyl (C=O) groups is 1. The fourth-order valence-electron chi connectivity index (χ4n) is 2.60. The number of carbonyl (C=O) groups excluding carboxylic acids is 1. The lowest BCUT2D eigenvalue weighted by Crippen LogP contribution is -2.19. The van der Waals surface area contributed by atoms with E-state index in [9.17, 15) is 4.79 Å². The fourth-order valence-corrected chi connectivity index (χ4v) is 2.86. The van der Waals surface area contributed by atoms with Crippen LogP contribution in [0.25, 0.3) is 10.8 Å². The lowest BCUT2D eigenvalue weighted by atomic mass is 10.1. The summed E-state index contributed by atoms with van der Waals surface area (Å²) in [5.41, 5.74) is 1.74. The minimum atomic E-state index is -0.0853. The molecule has 3 rings (SSSR count). The highest BCUT2D eigenvalue weighted by Crippen LogP contribution is 2.26. The minimum Gasteiger partial charge on any atom is -0.355 e. The van der Waals surface area contributed by atoms with Gasteiger partial charge in [-0.15, -0.1) is 0 Å². The molecule has 3 aromatic rings. The molecule has 24 heavy (non-hydrogen) atoms. The highest BCUT2D eigenvalue weighted by molar-refractivity contribution is 6.34. The first-order valence-electron chi connectivity index (χ1n) is 7.66. The topological polar surface area (TPSA) is 45.2 Å². The Hall–Kier alpha value is -2.59. The van der Waals surface area contributed by atoms with Crippen LogP contribution in [-0.4, -0.2) is 25.0 Å². The van der Waals surface area contributed by atoms with Gasteiger partial charge in [-0.25, -0.2) is 4.98 Å². The largest absolute Gasteiger partial charge is 0.355 e. The first kappa shape index (κ1) is 16.3. The number of fused-ring (bicyclic) bond motifs is 1. The van der Waals surface area contributed by atoms with Crippen LogP contribution in [0.2, 0.25) is 5.15 Å². The molecule has 2 aromatic carbocycles. The normalized spacial score (nSPS) is 10.6. The number of benzene rings is 2. The second kappa shape index (κ2) is 6.89. The lowest BCUT2D eigenvalue weighted by Gasteiger charge is -2.19. The molecule has 1 N–H and O–H groups in total. The number of anilines is 1. The summed E-state index contributed by atoms with van der Waals surface area (Å²) in [6, 6.07) is 17.5. The Morgan fingerprint density at radius 2 is 1.88 bits per heavy atom. The zero-order valence-electron chi connectivity index (χ0n) is 13.6. The monoisotopic (exact) mass is 339 g/mol. The molecule has 0 radical (unpaired) electrons. The third kappa shape index (κ3) is 3.34. The Labute approximate surface area is 146 Å². The number of halogens is 1. The average Bonchev–Trinajstić information content (AvgIpc) is 2.61. The van der Waals surface area contributed by atoms with Crippen molar-refractivity contribution < 1.29 is 4.79 Å². The van der Waals surface area contributed by atoms with Crippen LogP contribution in [0.3, 0.4) is 0 Å². The predicted molar refractivity (Wildman–Crippen MR) is 98.7 cm³/mol. The van der Waals surface area contributed by atoms with Crippen molar-refractivity contribution in [3.63, 3.8) is 0 Å². The third-order valence-electron chi connectivity index (χ3n) is 3.93. The molecule has 0 aliphatic rings. The second-order valence-corrected chi connectivity index (χ2v) is 5.98. The van der Waals surface area contributed by atoms with Gasteiger partial charge in [-0.3, -0.25) is 4.79 Å². The molecule has 5 heteroatoms. The molecule has 0 aliphatic heterocycles. The first-order chi connectivity index (χ1) is 11.6. The van der Waals surface area contributed by atoms with Gasteiger partial charge >= 0.3 is 0 Å². The molecular formula is C19H18ClN3O. The van der Waals surface area contributed by atoms with Gasteiger partial charge in [0.05, 0.1) is 0 Å². The summed E-state index contributed by atoms with van der Waals surface area (Å²) in [6.45, 7) is 0.676. The zero-order valence-corrected chi connectivity index (χ0v) is 14.3. The highest BCUT2D eigenvalue weighted by atomic mass is 35.5. The number of hydrogen-bond acceptors (Lipinski definition) is 3.